The second kappa shape index (κ2) is 13.1. The van der Waals surface area contributed by atoms with Crippen molar-refractivity contribution in [3.8, 4) is 0 Å². The number of aromatic nitrogens is 1. The maximum absolute atomic E-state index is 12.2. The summed E-state index contributed by atoms with van der Waals surface area (Å²) in [6, 6.07) is 0. The minimum Gasteiger partial charge on any atom is -0.465 e. The third-order valence-electron chi connectivity index (χ3n) is 5.03. The zero-order valence-corrected chi connectivity index (χ0v) is 19.3. The molecule has 0 aliphatic carbocycles. The Morgan fingerprint density at radius 3 is 2.45 bits per heavy atom. The summed E-state index contributed by atoms with van der Waals surface area (Å²) in [4.78, 5) is 16.5. The lowest BCUT2D eigenvalue weighted by Crippen LogP contribution is -2.66. The van der Waals surface area contributed by atoms with Crippen LogP contribution in [0.5, 0.6) is 0 Å². The number of aliphatic hydroxyl groups excluding tert-OH is 2. The van der Waals surface area contributed by atoms with E-state index in [0.29, 0.717) is 5.89 Å². The average molecular weight is 464 g/mol. The molecule has 180 valence electrons. The van der Waals surface area contributed by atoms with E-state index < -0.39 is 39.5 Å². The van der Waals surface area contributed by atoms with Crippen molar-refractivity contribution in [3.63, 3.8) is 0 Å². The third kappa shape index (κ3) is 9.65. The van der Waals surface area contributed by atoms with Crippen LogP contribution in [0, 0.1) is 0 Å². The van der Waals surface area contributed by atoms with Crippen molar-refractivity contribution in [1.82, 2.24) is 4.98 Å². The van der Waals surface area contributed by atoms with Crippen LogP contribution in [-0.4, -0.2) is 59.7 Å². The van der Waals surface area contributed by atoms with Crippen LogP contribution in [-0.2, 0) is 32.4 Å². The molecule has 0 radical (unpaired) electrons. The molecule has 3 atom stereocenters. The van der Waals surface area contributed by atoms with Crippen LogP contribution < -0.4 is 10.9 Å². The second-order valence-corrected chi connectivity index (χ2v) is 9.48. The first-order valence-electron chi connectivity index (χ1n) is 10.8. The van der Waals surface area contributed by atoms with Gasteiger partial charge in [-0.1, -0.05) is 39.0 Å². The number of primary sulfonamides is 1. The molecule has 1 aromatic rings. The molecule has 1 rings (SSSR count). The van der Waals surface area contributed by atoms with E-state index in [4.69, 9.17) is 20.0 Å². The van der Waals surface area contributed by atoms with E-state index in [0.717, 1.165) is 25.0 Å². The number of rotatable bonds is 16. The van der Waals surface area contributed by atoms with E-state index in [2.05, 4.69) is 11.9 Å². The number of hydrogen-bond acceptors (Lipinski definition) is 9. The molecule has 0 aliphatic heterocycles. The topological polar surface area (TPSA) is 179 Å². The molecule has 0 aliphatic rings. The molecule has 10 nitrogen and oxygen atoms in total. The van der Waals surface area contributed by atoms with E-state index in [-0.39, 0.29) is 19.4 Å². The lowest BCUT2D eigenvalue weighted by atomic mass is 9.89. The van der Waals surface area contributed by atoms with E-state index in [1.54, 1.807) is 6.26 Å². The fraction of sp³-hybridized carbons (Fsp3) is 0.800. The van der Waals surface area contributed by atoms with E-state index >= 15 is 0 Å². The lowest BCUT2D eigenvalue weighted by molar-refractivity contribution is -0.157. The Morgan fingerprint density at radius 1 is 1.19 bits per heavy atom. The van der Waals surface area contributed by atoms with Gasteiger partial charge in [-0.15, -0.1) is 0 Å². The van der Waals surface area contributed by atoms with Crippen molar-refractivity contribution < 1.29 is 32.6 Å². The summed E-state index contributed by atoms with van der Waals surface area (Å²) >= 11 is 0. The number of oxazole rings is 1. The molecule has 0 spiro atoms. The van der Waals surface area contributed by atoms with Crippen molar-refractivity contribution in [2.75, 3.05) is 12.4 Å². The minimum absolute atomic E-state index is 0.0545. The maximum atomic E-state index is 12.2. The lowest BCUT2D eigenvalue weighted by Gasteiger charge is -2.33. The zero-order valence-electron chi connectivity index (χ0n) is 18.5. The van der Waals surface area contributed by atoms with Gasteiger partial charge >= 0.3 is 5.97 Å². The van der Waals surface area contributed by atoms with Gasteiger partial charge in [0.2, 0.25) is 10.0 Å². The molecule has 0 bridgehead atoms. The van der Waals surface area contributed by atoms with Crippen LogP contribution in [0.2, 0.25) is 0 Å². The number of aryl methyl sites for hydroxylation is 2. The highest BCUT2D eigenvalue weighted by atomic mass is 32.2. The van der Waals surface area contributed by atoms with Crippen molar-refractivity contribution in [2.24, 2.45) is 10.9 Å². The third-order valence-corrected chi connectivity index (χ3v) is 5.91. The van der Waals surface area contributed by atoms with E-state index in [1.807, 2.05) is 0 Å². The van der Waals surface area contributed by atoms with Gasteiger partial charge < -0.3 is 25.1 Å². The standard InChI is InChI=1S/C20H37N3O7S/c1-3-5-6-7-8-9-10-15-13-30-17(23-15)12-11-16(24)18(25)20(21,14-31(22,27)28)19(26)29-4-2/h13,16,18,24-25H,3-12,14,21H2,1-2H3,(H2,22,27,28). The summed E-state index contributed by atoms with van der Waals surface area (Å²) in [6.45, 7) is 3.60. The number of nitrogens with two attached hydrogens (primary N) is 2. The molecule has 0 fully saturated rings. The van der Waals surface area contributed by atoms with E-state index in [9.17, 15) is 23.4 Å². The molecule has 3 unspecified atom stereocenters. The first-order valence-corrected chi connectivity index (χ1v) is 12.5. The van der Waals surface area contributed by atoms with Crippen LogP contribution in [0.15, 0.2) is 10.7 Å². The normalized spacial score (nSPS) is 15.9. The monoisotopic (exact) mass is 463 g/mol. The van der Waals surface area contributed by atoms with Gasteiger partial charge in [0.25, 0.3) is 0 Å². The maximum Gasteiger partial charge on any atom is 0.330 e. The fourth-order valence-corrected chi connectivity index (χ4v) is 4.26. The molecule has 0 aromatic carbocycles. The van der Waals surface area contributed by atoms with Gasteiger partial charge in [0, 0.05) is 6.42 Å². The molecular formula is C20H37N3O7S. The molecule has 31 heavy (non-hydrogen) atoms. The Morgan fingerprint density at radius 2 is 1.84 bits per heavy atom. The number of sulfonamides is 1. The van der Waals surface area contributed by atoms with Gasteiger partial charge in [0.05, 0.1) is 24.2 Å². The number of carbonyl (C=O) groups is 1. The molecule has 6 N–H and O–H groups in total. The highest BCUT2D eigenvalue weighted by Crippen LogP contribution is 2.19. The molecule has 11 heteroatoms. The number of nitrogens with zero attached hydrogens (tertiary/aromatic N) is 1. The highest BCUT2D eigenvalue weighted by molar-refractivity contribution is 7.89. The van der Waals surface area contributed by atoms with Crippen LogP contribution in [0.25, 0.3) is 0 Å². The first-order chi connectivity index (χ1) is 14.5. The predicted molar refractivity (Wildman–Crippen MR) is 115 cm³/mol. The van der Waals surface area contributed by atoms with Crippen LogP contribution in [0.3, 0.4) is 0 Å². The molecule has 0 amide bonds. The summed E-state index contributed by atoms with van der Waals surface area (Å²) in [7, 11) is -4.23. The Hall–Kier alpha value is -1.53. The predicted octanol–water partition coefficient (Wildman–Crippen LogP) is 0.781. The van der Waals surface area contributed by atoms with Gasteiger partial charge in [-0.25, -0.2) is 23.3 Å². The smallest absolute Gasteiger partial charge is 0.330 e. The molecule has 0 saturated carbocycles. The van der Waals surface area contributed by atoms with Gasteiger partial charge in [-0.2, -0.15) is 0 Å². The van der Waals surface area contributed by atoms with Gasteiger partial charge in [0.1, 0.15) is 12.4 Å². The Balaban J connectivity index is 2.62. The minimum atomic E-state index is -4.23. The van der Waals surface area contributed by atoms with Crippen molar-refractivity contribution in [3.05, 3.63) is 17.8 Å². The number of esters is 1. The van der Waals surface area contributed by atoms with Crippen molar-refractivity contribution >= 4 is 16.0 Å². The van der Waals surface area contributed by atoms with Crippen molar-refractivity contribution in [1.29, 1.82) is 0 Å². The molecule has 1 heterocycles. The Kier molecular flexibility index (Phi) is 11.6. The number of aliphatic hydroxyl groups is 2. The SMILES string of the molecule is CCCCCCCCc1coc(CCC(O)C(O)C(N)(CS(N)(=O)=O)C(=O)OCC)n1. The molecular weight excluding hydrogens is 426 g/mol. The largest absolute Gasteiger partial charge is 0.465 e. The van der Waals surface area contributed by atoms with Crippen molar-refractivity contribution in [2.45, 2.75) is 89.4 Å². The molecule has 0 saturated heterocycles. The summed E-state index contributed by atoms with van der Waals surface area (Å²) in [6.07, 6.45) is 6.07. The number of carbonyl (C=O) groups excluding carboxylic acids is 1. The van der Waals surface area contributed by atoms with Gasteiger partial charge in [-0.05, 0) is 26.2 Å². The number of unbranched alkanes of at least 4 members (excludes halogenated alkanes) is 5. The van der Waals surface area contributed by atoms with E-state index in [1.165, 1.54) is 32.6 Å². The van der Waals surface area contributed by atoms with Gasteiger partial charge in [-0.3, -0.25) is 0 Å². The highest BCUT2D eigenvalue weighted by Gasteiger charge is 2.48. The summed E-state index contributed by atoms with van der Waals surface area (Å²) in [5, 5.41) is 25.8. The quantitative estimate of drug-likeness (QED) is 0.203. The summed E-state index contributed by atoms with van der Waals surface area (Å²) in [5.74, 6) is -1.86. The summed E-state index contributed by atoms with van der Waals surface area (Å²) < 4.78 is 33.2. The zero-order chi connectivity index (χ0) is 23.5. The Bertz CT molecular complexity index is 769. The Labute approximate surface area is 184 Å². The first kappa shape index (κ1) is 27.5. The summed E-state index contributed by atoms with van der Waals surface area (Å²) in [5.41, 5.74) is 4.26. The second-order valence-electron chi connectivity index (χ2n) is 7.87. The fourth-order valence-electron chi connectivity index (χ4n) is 3.30. The van der Waals surface area contributed by atoms with Crippen LogP contribution in [0.1, 0.15) is 70.4 Å². The van der Waals surface area contributed by atoms with Gasteiger partial charge in [0.15, 0.2) is 11.4 Å². The number of hydrogen-bond donors (Lipinski definition) is 4. The van der Waals surface area contributed by atoms with Crippen LogP contribution >= 0.6 is 0 Å². The number of ether oxygens (including phenoxy) is 1. The molecule has 1 aromatic heterocycles. The average Bonchev–Trinajstić information content (AvgIpc) is 3.14. The van der Waals surface area contributed by atoms with Crippen LogP contribution in [0.4, 0.5) is 0 Å².